The quantitative estimate of drug-likeness (QED) is 0.362. The number of aromatic nitrogens is 1. The van der Waals surface area contributed by atoms with Gasteiger partial charge in [-0.05, 0) is 59.5 Å². The van der Waals surface area contributed by atoms with Gasteiger partial charge >= 0.3 is 0 Å². The van der Waals surface area contributed by atoms with E-state index < -0.39 is 6.04 Å². The third kappa shape index (κ3) is 4.84. The van der Waals surface area contributed by atoms with E-state index in [1.165, 1.54) is 0 Å². The van der Waals surface area contributed by atoms with Crippen molar-refractivity contribution >= 4 is 16.7 Å². The van der Waals surface area contributed by atoms with E-state index in [1.54, 1.807) is 72.1 Å². The molecule has 0 aliphatic carbocycles. The van der Waals surface area contributed by atoms with Crippen LogP contribution < -0.4 is 29.0 Å². The van der Waals surface area contributed by atoms with Crippen molar-refractivity contribution in [2.24, 2.45) is 0 Å². The molecule has 4 aromatic rings. The summed E-state index contributed by atoms with van der Waals surface area (Å²) in [6.45, 7) is 0. The van der Waals surface area contributed by atoms with Crippen molar-refractivity contribution in [1.29, 1.82) is 0 Å². The predicted octanol–water partition coefficient (Wildman–Crippen LogP) is 4.80. The summed E-state index contributed by atoms with van der Waals surface area (Å²) in [6.07, 6.45) is 1.70. The maximum atomic E-state index is 13.4. The van der Waals surface area contributed by atoms with E-state index in [4.69, 9.17) is 23.7 Å². The van der Waals surface area contributed by atoms with Gasteiger partial charge in [-0.25, -0.2) is 0 Å². The van der Waals surface area contributed by atoms with E-state index in [1.807, 2.05) is 30.3 Å². The summed E-state index contributed by atoms with van der Waals surface area (Å²) in [5.41, 5.74) is 1.86. The average molecular weight is 489 g/mol. The summed E-state index contributed by atoms with van der Waals surface area (Å²) in [5, 5.41) is 4.83. The molecule has 0 saturated carbocycles. The first-order valence-corrected chi connectivity index (χ1v) is 11.2. The summed E-state index contributed by atoms with van der Waals surface area (Å²) in [7, 11) is 7.87. The fourth-order valence-electron chi connectivity index (χ4n) is 4.07. The smallest absolute Gasteiger partial charge is 0.252 e. The van der Waals surface area contributed by atoms with Crippen LogP contribution in [0.15, 0.2) is 66.9 Å². The van der Waals surface area contributed by atoms with Gasteiger partial charge in [0.2, 0.25) is 0 Å². The molecule has 1 unspecified atom stereocenters. The number of carbonyl (C=O) groups is 1. The van der Waals surface area contributed by atoms with Gasteiger partial charge in [-0.2, -0.15) is 0 Å². The molecule has 0 bridgehead atoms. The van der Waals surface area contributed by atoms with Crippen LogP contribution in [-0.4, -0.2) is 46.4 Å². The Bertz CT molecular complexity index is 1390. The molecule has 1 aromatic heterocycles. The summed E-state index contributed by atoms with van der Waals surface area (Å²) in [5.74, 6) is 2.58. The Morgan fingerprint density at radius 3 is 2.14 bits per heavy atom. The van der Waals surface area contributed by atoms with Gasteiger partial charge < -0.3 is 29.0 Å². The zero-order valence-corrected chi connectivity index (χ0v) is 20.8. The molecular weight excluding hydrogens is 460 g/mol. The monoisotopic (exact) mass is 488 g/mol. The predicted molar refractivity (Wildman–Crippen MR) is 137 cm³/mol. The van der Waals surface area contributed by atoms with Crippen molar-refractivity contribution < 1.29 is 28.5 Å². The number of carbonyl (C=O) groups excluding carboxylic acids is 1. The number of nitrogens with zero attached hydrogens (tertiary/aromatic N) is 1. The molecule has 36 heavy (non-hydrogen) atoms. The van der Waals surface area contributed by atoms with Gasteiger partial charge in [-0.1, -0.05) is 12.1 Å². The zero-order valence-electron chi connectivity index (χ0n) is 20.8. The van der Waals surface area contributed by atoms with Crippen LogP contribution in [0.2, 0.25) is 0 Å². The highest BCUT2D eigenvalue weighted by molar-refractivity contribution is 5.96. The van der Waals surface area contributed by atoms with Crippen molar-refractivity contribution in [1.82, 2.24) is 10.3 Å². The number of amides is 1. The van der Waals surface area contributed by atoms with Gasteiger partial charge in [-0.15, -0.1) is 0 Å². The van der Waals surface area contributed by atoms with Crippen LogP contribution in [0.3, 0.4) is 0 Å². The number of benzene rings is 3. The van der Waals surface area contributed by atoms with Crippen molar-refractivity contribution in [2.45, 2.75) is 6.04 Å². The summed E-state index contributed by atoms with van der Waals surface area (Å²) in [6, 6.07) is 17.5. The highest BCUT2D eigenvalue weighted by Gasteiger charge is 2.24. The Balaban J connectivity index is 1.88. The molecule has 1 amide bonds. The molecule has 1 N–H and O–H groups in total. The summed E-state index contributed by atoms with van der Waals surface area (Å²) in [4.78, 5) is 18.1. The lowest BCUT2D eigenvalue weighted by atomic mass is 9.97. The largest absolute Gasteiger partial charge is 0.497 e. The van der Waals surface area contributed by atoms with E-state index in [-0.39, 0.29) is 5.91 Å². The van der Waals surface area contributed by atoms with Gasteiger partial charge in [0.25, 0.3) is 5.91 Å². The Morgan fingerprint density at radius 1 is 0.750 bits per heavy atom. The van der Waals surface area contributed by atoms with E-state index >= 15 is 0 Å². The van der Waals surface area contributed by atoms with Crippen molar-refractivity contribution in [3.8, 4) is 28.7 Å². The highest BCUT2D eigenvalue weighted by Crippen LogP contribution is 2.38. The van der Waals surface area contributed by atoms with Crippen LogP contribution in [0.5, 0.6) is 28.7 Å². The van der Waals surface area contributed by atoms with E-state index in [9.17, 15) is 4.79 Å². The van der Waals surface area contributed by atoms with E-state index in [2.05, 4.69) is 10.3 Å². The second kappa shape index (κ2) is 10.9. The first kappa shape index (κ1) is 24.7. The van der Waals surface area contributed by atoms with Crippen LogP contribution >= 0.6 is 0 Å². The lowest BCUT2D eigenvalue weighted by Crippen LogP contribution is -2.30. The number of pyridine rings is 1. The van der Waals surface area contributed by atoms with Gasteiger partial charge in [-0.3, -0.25) is 9.78 Å². The van der Waals surface area contributed by atoms with E-state index in [0.717, 1.165) is 16.3 Å². The molecule has 0 fully saturated rings. The van der Waals surface area contributed by atoms with Gasteiger partial charge in [0.15, 0.2) is 23.0 Å². The maximum Gasteiger partial charge on any atom is 0.252 e. The zero-order chi connectivity index (χ0) is 25.7. The van der Waals surface area contributed by atoms with Crippen LogP contribution in [0.1, 0.15) is 27.7 Å². The van der Waals surface area contributed by atoms with Crippen molar-refractivity contribution in [3.63, 3.8) is 0 Å². The molecule has 8 nitrogen and oxygen atoms in total. The fourth-order valence-corrected chi connectivity index (χ4v) is 4.07. The molecule has 1 heterocycles. The second-order valence-electron chi connectivity index (χ2n) is 7.88. The molecule has 0 aliphatic heterocycles. The van der Waals surface area contributed by atoms with Gasteiger partial charge in [0, 0.05) is 17.1 Å². The molecule has 0 aliphatic rings. The molecule has 1 atom stereocenters. The Labute approximate surface area is 209 Å². The second-order valence-corrected chi connectivity index (χ2v) is 7.88. The maximum absolute atomic E-state index is 13.4. The van der Waals surface area contributed by atoms with Crippen LogP contribution in [-0.2, 0) is 0 Å². The molecule has 4 rings (SSSR count). The number of hydrogen-bond acceptors (Lipinski definition) is 7. The Morgan fingerprint density at radius 2 is 1.44 bits per heavy atom. The number of rotatable bonds is 9. The standard InChI is InChI=1S/C28H28N2O6/c1-32-20-8-6-7-19(13-20)28(31)30-26(18-9-10-22(33-2)23(15-18)34-3)27-21-16-25(36-5)24(35-4)14-17(21)11-12-29-27/h6-16,26H,1-5H3,(H,30,31). The summed E-state index contributed by atoms with van der Waals surface area (Å²) >= 11 is 0. The first-order valence-electron chi connectivity index (χ1n) is 11.2. The number of ether oxygens (including phenoxy) is 5. The SMILES string of the molecule is COc1cccc(C(=O)NC(c2ccc(OC)c(OC)c2)c2nccc3cc(OC)c(OC)cc23)c1. The number of fused-ring (bicyclic) bond motifs is 1. The first-order chi connectivity index (χ1) is 17.5. The summed E-state index contributed by atoms with van der Waals surface area (Å²) < 4.78 is 27.2. The van der Waals surface area contributed by atoms with Crippen LogP contribution in [0, 0.1) is 0 Å². The minimum absolute atomic E-state index is 0.284. The molecule has 0 saturated heterocycles. The topological polar surface area (TPSA) is 88.1 Å². The Hall–Kier alpha value is -4.46. The lowest BCUT2D eigenvalue weighted by Gasteiger charge is -2.22. The normalized spacial score (nSPS) is 11.5. The third-order valence-electron chi connectivity index (χ3n) is 5.92. The molecule has 186 valence electrons. The van der Waals surface area contributed by atoms with Gasteiger partial charge in [0.1, 0.15) is 5.75 Å². The minimum Gasteiger partial charge on any atom is -0.497 e. The molecule has 3 aromatic carbocycles. The minimum atomic E-state index is -0.620. The number of methoxy groups -OCH3 is 5. The van der Waals surface area contributed by atoms with Crippen molar-refractivity contribution in [2.75, 3.05) is 35.5 Å². The molecule has 0 radical (unpaired) electrons. The van der Waals surface area contributed by atoms with Gasteiger partial charge in [0.05, 0.1) is 47.3 Å². The molecule has 0 spiro atoms. The number of hydrogen-bond donors (Lipinski definition) is 1. The average Bonchev–Trinajstić information content (AvgIpc) is 2.94. The molecule has 8 heteroatoms. The molecular formula is C28H28N2O6. The highest BCUT2D eigenvalue weighted by atomic mass is 16.5. The van der Waals surface area contributed by atoms with Crippen LogP contribution in [0.25, 0.3) is 10.8 Å². The third-order valence-corrected chi connectivity index (χ3v) is 5.92. The number of nitrogens with one attached hydrogen (secondary N) is 1. The lowest BCUT2D eigenvalue weighted by molar-refractivity contribution is 0.0942. The Kier molecular flexibility index (Phi) is 7.44. The van der Waals surface area contributed by atoms with E-state index in [0.29, 0.717) is 40.0 Å². The fraction of sp³-hybridized carbons (Fsp3) is 0.214. The van der Waals surface area contributed by atoms with Crippen LogP contribution in [0.4, 0.5) is 0 Å². The van der Waals surface area contributed by atoms with Crippen molar-refractivity contribution in [3.05, 3.63) is 83.7 Å².